The fourth-order valence-electron chi connectivity index (χ4n) is 2.13. The number of pyridine rings is 1. The minimum atomic E-state index is -1.24. The van der Waals surface area contributed by atoms with Crippen LogP contribution in [0.3, 0.4) is 0 Å². The molecule has 0 amide bonds. The van der Waals surface area contributed by atoms with Gasteiger partial charge in [0.2, 0.25) is 0 Å². The Hall–Kier alpha value is -2.44. The Labute approximate surface area is 150 Å². The van der Waals surface area contributed by atoms with Crippen molar-refractivity contribution in [1.29, 1.82) is 0 Å². The van der Waals surface area contributed by atoms with Gasteiger partial charge in [0.05, 0.1) is 16.7 Å². The summed E-state index contributed by atoms with van der Waals surface area (Å²) < 4.78 is 2.17. The first-order valence-electron chi connectivity index (χ1n) is 6.82. The Balaban J connectivity index is 2.01. The minimum Gasteiger partial charge on any atom is -0.545 e. The minimum absolute atomic E-state index is 0.0796. The van der Waals surface area contributed by atoms with E-state index in [0.29, 0.717) is 16.9 Å². The normalized spacial score (nSPS) is 11.7. The molecule has 1 aromatic carbocycles. The van der Waals surface area contributed by atoms with Gasteiger partial charge in [-0.05, 0) is 45.3 Å². The van der Waals surface area contributed by atoms with Gasteiger partial charge in [-0.15, -0.1) is 0 Å². The van der Waals surface area contributed by atoms with Gasteiger partial charge in [0.15, 0.2) is 0 Å². The first-order chi connectivity index (χ1) is 11.4. The fourth-order valence-corrected chi connectivity index (χ4v) is 2.69. The number of benzene rings is 1. The zero-order valence-corrected chi connectivity index (χ0v) is 14.4. The molecule has 0 atom stereocenters. The number of nitrogens with zero attached hydrogens (tertiary/aromatic N) is 2. The maximum Gasteiger partial charge on any atom is 0.258 e. The third-order valence-electron chi connectivity index (χ3n) is 3.31. The zero-order valence-electron chi connectivity index (χ0n) is 12.1. The van der Waals surface area contributed by atoms with Gasteiger partial charge in [-0.2, -0.15) is 0 Å². The molecular formula is C17H9BrClN2O3-. The Bertz CT molecular complexity index is 1030. The van der Waals surface area contributed by atoms with Crippen LogP contribution >= 0.6 is 27.5 Å². The maximum atomic E-state index is 12.2. The van der Waals surface area contributed by atoms with Crippen LogP contribution in [-0.4, -0.2) is 15.4 Å². The van der Waals surface area contributed by atoms with E-state index >= 15 is 0 Å². The van der Waals surface area contributed by atoms with E-state index in [0.717, 1.165) is 4.47 Å². The van der Waals surface area contributed by atoms with Gasteiger partial charge in [-0.3, -0.25) is 9.20 Å². The lowest BCUT2D eigenvalue weighted by Gasteiger charge is -2.05. The number of fused-ring (bicyclic) bond motifs is 1. The summed E-state index contributed by atoms with van der Waals surface area (Å²) in [7, 11) is 0. The highest BCUT2D eigenvalue weighted by Gasteiger charge is 2.06. The van der Waals surface area contributed by atoms with Gasteiger partial charge in [0.1, 0.15) is 5.65 Å². The molecule has 0 bridgehead atoms. The van der Waals surface area contributed by atoms with Gasteiger partial charge < -0.3 is 9.90 Å². The van der Waals surface area contributed by atoms with E-state index in [1.807, 2.05) is 0 Å². The number of aromatic carboxylic acids is 1. The standard InChI is InChI=1S/C17H10BrClN2O3/c18-12-5-6-15-20-14(8-16(22)21(15)9-12)13(19)7-10-1-3-11(4-2-10)17(23)24/h1-9H,(H,23,24)/p-1/b13-7-. The van der Waals surface area contributed by atoms with Crippen LogP contribution in [0.4, 0.5) is 0 Å². The summed E-state index contributed by atoms with van der Waals surface area (Å²) in [5.41, 5.74) is 1.32. The molecule has 7 heteroatoms. The fraction of sp³-hybridized carbons (Fsp3) is 0. The predicted octanol–water partition coefficient (Wildman–Crippen LogP) is 2.56. The molecule has 0 spiro atoms. The van der Waals surface area contributed by atoms with Crippen LogP contribution in [0.25, 0.3) is 16.8 Å². The Morgan fingerprint density at radius 1 is 1.21 bits per heavy atom. The molecule has 0 aliphatic heterocycles. The lowest BCUT2D eigenvalue weighted by molar-refractivity contribution is -0.255. The second-order valence-electron chi connectivity index (χ2n) is 4.96. The molecule has 0 aliphatic rings. The highest BCUT2D eigenvalue weighted by molar-refractivity contribution is 9.10. The number of carboxylic acids is 1. The summed E-state index contributed by atoms with van der Waals surface area (Å²) in [6.45, 7) is 0. The molecule has 0 saturated heterocycles. The van der Waals surface area contributed by atoms with Crippen LogP contribution in [0.15, 0.2) is 57.9 Å². The molecule has 0 unspecified atom stereocenters. The summed E-state index contributed by atoms with van der Waals surface area (Å²) in [5.74, 6) is -1.24. The Morgan fingerprint density at radius 3 is 2.58 bits per heavy atom. The number of carbonyl (C=O) groups excluding carboxylic acids is 1. The molecule has 2 heterocycles. The largest absolute Gasteiger partial charge is 0.545 e. The number of hydrogen-bond acceptors (Lipinski definition) is 4. The zero-order chi connectivity index (χ0) is 17.3. The molecule has 3 rings (SSSR count). The third-order valence-corrected chi connectivity index (χ3v) is 4.08. The van der Waals surface area contributed by atoms with Crippen LogP contribution < -0.4 is 10.7 Å². The number of hydrogen-bond donors (Lipinski definition) is 0. The Morgan fingerprint density at radius 2 is 1.92 bits per heavy atom. The molecule has 2 aromatic heterocycles. The van der Waals surface area contributed by atoms with E-state index in [1.165, 1.54) is 22.6 Å². The number of aromatic nitrogens is 2. The molecule has 3 aromatic rings. The summed E-state index contributed by atoms with van der Waals surface area (Å²) >= 11 is 9.56. The molecule has 0 radical (unpaired) electrons. The second-order valence-corrected chi connectivity index (χ2v) is 6.28. The van der Waals surface area contributed by atoms with E-state index in [4.69, 9.17) is 11.6 Å². The van der Waals surface area contributed by atoms with Crippen LogP contribution in [0.2, 0.25) is 0 Å². The molecule has 120 valence electrons. The Kier molecular flexibility index (Phi) is 4.51. The van der Waals surface area contributed by atoms with Crippen LogP contribution in [-0.2, 0) is 0 Å². The van der Waals surface area contributed by atoms with Gasteiger partial charge >= 0.3 is 0 Å². The monoisotopic (exact) mass is 403 g/mol. The number of halogens is 2. The topological polar surface area (TPSA) is 74.5 Å². The van der Waals surface area contributed by atoms with Crippen molar-refractivity contribution in [3.05, 3.63) is 80.3 Å². The molecule has 0 fully saturated rings. The van der Waals surface area contributed by atoms with Crippen molar-refractivity contribution in [2.24, 2.45) is 0 Å². The summed E-state index contributed by atoms with van der Waals surface area (Å²) in [6, 6.07) is 10.9. The molecular weight excluding hydrogens is 396 g/mol. The van der Waals surface area contributed by atoms with Crippen LogP contribution in [0.5, 0.6) is 0 Å². The predicted molar refractivity (Wildman–Crippen MR) is 93.7 cm³/mol. The molecule has 0 aliphatic carbocycles. The van der Waals surface area contributed by atoms with Crippen molar-refractivity contribution in [1.82, 2.24) is 9.38 Å². The molecule has 0 saturated carbocycles. The SMILES string of the molecule is O=C([O-])c1ccc(/C=C(\Cl)c2cc(=O)n3cc(Br)ccc3n2)cc1. The third kappa shape index (κ3) is 3.39. The lowest BCUT2D eigenvalue weighted by atomic mass is 10.1. The molecule has 24 heavy (non-hydrogen) atoms. The van der Waals surface area contributed by atoms with Crippen molar-refractivity contribution in [2.45, 2.75) is 0 Å². The maximum absolute atomic E-state index is 12.2. The average Bonchev–Trinajstić information content (AvgIpc) is 2.55. The molecule has 5 nitrogen and oxygen atoms in total. The van der Waals surface area contributed by atoms with Crippen molar-refractivity contribution in [2.75, 3.05) is 0 Å². The highest BCUT2D eigenvalue weighted by atomic mass is 79.9. The van der Waals surface area contributed by atoms with E-state index in [9.17, 15) is 14.7 Å². The van der Waals surface area contributed by atoms with E-state index in [-0.39, 0.29) is 16.2 Å². The second kappa shape index (κ2) is 6.59. The summed E-state index contributed by atoms with van der Waals surface area (Å²) in [5, 5.41) is 11.0. The smallest absolute Gasteiger partial charge is 0.258 e. The van der Waals surface area contributed by atoms with Gasteiger partial charge in [0, 0.05) is 16.7 Å². The van der Waals surface area contributed by atoms with Crippen molar-refractivity contribution in [3.63, 3.8) is 0 Å². The summed E-state index contributed by atoms with van der Waals surface area (Å²) in [6.07, 6.45) is 3.24. The van der Waals surface area contributed by atoms with E-state index < -0.39 is 5.97 Å². The quantitative estimate of drug-likeness (QED) is 0.672. The lowest BCUT2D eigenvalue weighted by Crippen LogP contribution is -2.21. The summed E-state index contributed by atoms with van der Waals surface area (Å²) in [4.78, 5) is 27.3. The average molecular weight is 405 g/mol. The van der Waals surface area contributed by atoms with Gasteiger partial charge in [-0.1, -0.05) is 35.9 Å². The van der Waals surface area contributed by atoms with Gasteiger partial charge in [-0.25, -0.2) is 4.98 Å². The van der Waals surface area contributed by atoms with Crippen LogP contribution in [0.1, 0.15) is 21.6 Å². The van der Waals surface area contributed by atoms with E-state index in [1.54, 1.807) is 36.5 Å². The van der Waals surface area contributed by atoms with Gasteiger partial charge in [0.25, 0.3) is 5.56 Å². The van der Waals surface area contributed by atoms with Crippen LogP contribution in [0, 0.1) is 0 Å². The first kappa shape index (κ1) is 16.4. The number of carboxylic acid groups (broad SMARTS) is 1. The van der Waals surface area contributed by atoms with E-state index in [2.05, 4.69) is 20.9 Å². The first-order valence-corrected chi connectivity index (χ1v) is 7.99. The van der Waals surface area contributed by atoms with Crippen molar-refractivity contribution >= 4 is 50.3 Å². The molecule has 0 N–H and O–H groups in total. The number of carbonyl (C=O) groups is 1. The number of rotatable bonds is 3. The van der Waals surface area contributed by atoms with Crippen molar-refractivity contribution < 1.29 is 9.90 Å². The highest BCUT2D eigenvalue weighted by Crippen LogP contribution is 2.21. The van der Waals surface area contributed by atoms with Crippen molar-refractivity contribution in [3.8, 4) is 0 Å².